The van der Waals surface area contributed by atoms with Crippen molar-refractivity contribution < 1.29 is 19.1 Å². The van der Waals surface area contributed by atoms with E-state index in [9.17, 15) is 9.59 Å². The molecule has 174 valence electrons. The molecule has 0 amide bonds. The first-order chi connectivity index (χ1) is 14.6. The number of carbonyl (C=O) groups excluding carboxylic acids is 2. The standard InChI is InChI=1S/C26H46O4/c1-22(14-6-2-12-20-25(27)29-23-16-8-4-9-17-23)15-7-3-13-21-26(28)30-24-18-10-5-11-19-24/h22-24H,2-21H2,1H3. The Balaban J connectivity index is 1.36. The maximum absolute atomic E-state index is 11.9. The van der Waals surface area contributed by atoms with Gasteiger partial charge >= 0.3 is 11.9 Å². The Morgan fingerprint density at radius 3 is 1.43 bits per heavy atom. The molecule has 0 atom stereocenters. The van der Waals surface area contributed by atoms with Gasteiger partial charge in [-0.1, -0.05) is 58.3 Å². The van der Waals surface area contributed by atoms with Gasteiger partial charge < -0.3 is 9.47 Å². The number of hydrogen-bond donors (Lipinski definition) is 0. The van der Waals surface area contributed by atoms with Crippen LogP contribution in [0.25, 0.3) is 0 Å². The maximum Gasteiger partial charge on any atom is 0.306 e. The molecule has 4 heteroatoms. The van der Waals surface area contributed by atoms with E-state index in [0.717, 1.165) is 57.3 Å². The van der Waals surface area contributed by atoms with E-state index in [2.05, 4.69) is 6.92 Å². The fourth-order valence-electron chi connectivity index (χ4n) is 4.88. The van der Waals surface area contributed by atoms with E-state index in [1.54, 1.807) is 0 Å². The van der Waals surface area contributed by atoms with Crippen LogP contribution in [-0.2, 0) is 19.1 Å². The first-order valence-electron chi connectivity index (χ1n) is 13.0. The molecule has 4 nitrogen and oxygen atoms in total. The molecule has 0 aromatic carbocycles. The zero-order valence-electron chi connectivity index (χ0n) is 19.5. The van der Waals surface area contributed by atoms with E-state index in [-0.39, 0.29) is 24.1 Å². The van der Waals surface area contributed by atoms with Crippen molar-refractivity contribution in [2.75, 3.05) is 0 Å². The lowest BCUT2D eigenvalue weighted by molar-refractivity contribution is -0.151. The van der Waals surface area contributed by atoms with Crippen molar-refractivity contribution >= 4 is 11.9 Å². The highest BCUT2D eigenvalue weighted by Gasteiger charge is 2.18. The van der Waals surface area contributed by atoms with Crippen LogP contribution in [0.4, 0.5) is 0 Å². The lowest BCUT2D eigenvalue weighted by Gasteiger charge is -2.21. The summed E-state index contributed by atoms with van der Waals surface area (Å²) < 4.78 is 11.2. The Bertz CT molecular complexity index is 422. The van der Waals surface area contributed by atoms with Gasteiger partial charge in [0.15, 0.2) is 0 Å². The zero-order chi connectivity index (χ0) is 21.4. The summed E-state index contributed by atoms with van der Waals surface area (Å²) in [5, 5.41) is 0. The van der Waals surface area contributed by atoms with Crippen LogP contribution in [0.2, 0.25) is 0 Å². The molecule has 2 fully saturated rings. The second-order valence-electron chi connectivity index (χ2n) is 9.80. The highest BCUT2D eigenvalue weighted by Crippen LogP contribution is 2.23. The number of hydrogen-bond acceptors (Lipinski definition) is 4. The Morgan fingerprint density at radius 1 is 0.633 bits per heavy atom. The Kier molecular flexibility index (Phi) is 13.2. The average Bonchev–Trinajstić information content (AvgIpc) is 2.74. The molecular formula is C26H46O4. The third kappa shape index (κ3) is 12.0. The second-order valence-corrected chi connectivity index (χ2v) is 9.80. The smallest absolute Gasteiger partial charge is 0.306 e. The lowest BCUT2D eigenvalue weighted by atomic mass is 9.96. The van der Waals surface area contributed by atoms with Crippen LogP contribution in [0.1, 0.15) is 135 Å². The van der Waals surface area contributed by atoms with Gasteiger partial charge in [0.05, 0.1) is 0 Å². The molecule has 0 radical (unpaired) electrons. The molecule has 0 aromatic rings. The molecule has 2 aliphatic rings. The molecule has 0 N–H and O–H groups in total. The zero-order valence-corrected chi connectivity index (χ0v) is 19.5. The predicted molar refractivity (Wildman–Crippen MR) is 121 cm³/mol. The van der Waals surface area contributed by atoms with Crippen molar-refractivity contribution in [1.29, 1.82) is 0 Å². The molecule has 2 rings (SSSR count). The van der Waals surface area contributed by atoms with Crippen molar-refractivity contribution in [2.45, 2.75) is 148 Å². The molecule has 0 heterocycles. The number of ether oxygens (including phenoxy) is 2. The molecule has 0 aromatic heterocycles. The minimum Gasteiger partial charge on any atom is -0.462 e. The fraction of sp³-hybridized carbons (Fsp3) is 0.923. The minimum atomic E-state index is 0.0111. The molecule has 0 aliphatic heterocycles. The Labute approximate surface area is 184 Å². The summed E-state index contributed by atoms with van der Waals surface area (Å²) in [7, 11) is 0. The quantitative estimate of drug-likeness (QED) is 0.218. The van der Waals surface area contributed by atoms with Gasteiger partial charge in [-0.25, -0.2) is 0 Å². The number of unbranched alkanes of at least 4 members (excludes halogenated alkanes) is 4. The summed E-state index contributed by atoms with van der Waals surface area (Å²) in [5.74, 6) is 0.752. The number of esters is 2. The predicted octanol–water partition coefficient (Wildman–Crippen LogP) is 7.28. The Morgan fingerprint density at radius 2 is 1.03 bits per heavy atom. The minimum absolute atomic E-state index is 0.0111. The fourth-order valence-corrected chi connectivity index (χ4v) is 4.88. The molecule has 0 spiro atoms. The molecule has 2 aliphatic carbocycles. The molecule has 0 saturated heterocycles. The monoisotopic (exact) mass is 422 g/mol. The third-order valence-corrected chi connectivity index (χ3v) is 6.86. The number of rotatable bonds is 14. The van der Waals surface area contributed by atoms with Gasteiger partial charge in [0, 0.05) is 12.8 Å². The van der Waals surface area contributed by atoms with Gasteiger partial charge in [-0.2, -0.15) is 0 Å². The SMILES string of the molecule is CC(CCCCCC(=O)OC1CCCCC1)CCCCCC(=O)OC1CCCCC1. The van der Waals surface area contributed by atoms with Gasteiger partial charge in [0.25, 0.3) is 0 Å². The molecular weight excluding hydrogens is 376 g/mol. The van der Waals surface area contributed by atoms with Gasteiger partial charge in [0.1, 0.15) is 12.2 Å². The topological polar surface area (TPSA) is 52.6 Å². The van der Waals surface area contributed by atoms with E-state index in [4.69, 9.17) is 9.47 Å². The van der Waals surface area contributed by atoms with Gasteiger partial charge in [0.2, 0.25) is 0 Å². The van der Waals surface area contributed by atoms with E-state index < -0.39 is 0 Å². The van der Waals surface area contributed by atoms with Crippen LogP contribution < -0.4 is 0 Å². The van der Waals surface area contributed by atoms with E-state index in [1.807, 2.05) is 0 Å². The Hall–Kier alpha value is -1.06. The normalized spacial score (nSPS) is 18.5. The largest absolute Gasteiger partial charge is 0.462 e. The summed E-state index contributed by atoms with van der Waals surface area (Å²) >= 11 is 0. The summed E-state index contributed by atoms with van der Waals surface area (Å²) in [6.45, 7) is 2.33. The van der Waals surface area contributed by atoms with Crippen molar-refractivity contribution in [3.05, 3.63) is 0 Å². The van der Waals surface area contributed by atoms with E-state index in [1.165, 1.54) is 64.2 Å². The van der Waals surface area contributed by atoms with Crippen LogP contribution in [0.3, 0.4) is 0 Å². The molecule has 30 heavy (non-hydrogen) atoms. The number of carbonyl (C=O) groups is 2. The summed E-state index contributed by atoms with van der Waals surface area (Å²) in [6, 6.07) is 0. The molecule has 2 saturated carbocycles. The van der Waals surface area contributed by atoms with Gasteiger partial charge in [-0.05, 0) is 70.1 Å². The summed E-state index contributed by atoms with van der Waals surface area (Å²) in [4.78, 5) is 23.8. The van der Waals surface area contributed by atoms with Crippen LogP contribution >= 0.6 is 0 Å². The molecule has 0 bridgehead atoms. The van der Waals surface area contributed by atoms with Gasteiger partial charge in [-0.3, -0.25) is 9.59 Å². The van der Waals surface area contributed by atoms with Crippen molar-refractivity contribution in [3.63, 3.8) is 0 Å². The van der Waals surface area contributed by atoms with E-state index >= 15 is 0 Å². The summed E-state index contributed by atoms with van der Waals surface area (Å²) in [6.07, 6.45) is 22.3. The maximum atomic E-state index is 11.9. The first-order valence-corrected chi connectivity index (χ1v) is 13.0. The highest BCUT2D eigenvalue weighted by molar-refractivity contribution is 5.69. The van der Waals surface area contributed by atoms with Crippen molar-refractivity contribution in [1.82, 2.24) is 0 Å². The van der Waals surface area contributed by atoms with Gasteiger partial charge in [-0.15, -0.1) is 0 Å². The van der Waals surface area contributed by atoms with E-state index in [0.29, 0.717) is 12.8 Å². The lowest BCUT2D eigenvalue weighted by Crippen LogP contribution is -2.20. The second kappa shape index (κ2) is 15.7. The van der Waals surface area contributed by atoms with Crippen molar-refractivity contribution in [3.8, 4) is 0 Å². The van der Waals surface area contributed by atoms with Crippen LogP contribution in [-0.4, -0.2) is 24.1 Å². The molecule has 0 unspecified atom stereocenters. The van der Waals surface area contributed by atoms with Crippen LogP contribution in [0.15, 0.2) is 0 Å². The average molecular weight is 423 g/mol. The first kappa shape index (κ1) is 25.2. The highest BCUT2D eigenvalue weighted by atomic mass is 16.5. The van der Waals surface area contributed by atoms with Crippen molar-refractivity contribution in [2.24, 2.45) is 5.92 Å². The third-order valence-electron chi connectivity index (χ3n) is 6.86. The van der Waals surface area contributed by atoms with Crippen LogP contribution in [0.5, 0.6) is 0 Å². The van der Waals surface area contributed by atoms with Crippen LogP contribution in [0, 0.1) is 5.92 Å². The summed E-state index contributed by atoms with van der Waals surface area (Å²) in [5.41, 5.74) is 0.